The highest BCUT2D eigenvalue weighted by atomic mass is 32.1. The molecule has 6 nitrogen and oxygen atoms in total. The Kier molecular flexibility index (Phi) is 4.15. The Balaban J connectivity index is 1.59. The van der Waals surface area contributed by atoms with E-state index in [1.165, 1.54) is 11.3 Å². The van der Waals surface area contributed by atoms with Gasteiger partial charge in [-0.1, -0.05) is 0 Å². The second-order valence-corrected chi connectivity index (χ2v) is 5.52. The minimum atomic E-state index is -0.294. The van der Waals surface area contributed by atoms with Crippen LogP contribution in [-0.2, 0) is 6.54 Å². The Morgan fingerprint density at radius 1 is 1.41 bits per heavy atom. The molecule has 0 aliphatic rings. The number of carbonyl (C=O) groups excluding carboxylic acids is 1. The lowest BCUT2D eigenvalue weighted by molar-refractivity contribution is 0.251. The van der Waals surface area contributed by atoms with Gasteiger partial charge in [0.1, 0.15) is 5.76 Å². The molecular formula is C15H14N4O2S. The average molecular weight is 314 g/mol. The number of urea groups is 1. The summed E-state index contributed by atoms with van der Waals surface area (Å²) in [5, 5.41) is 7.93. The molecule has 3 aromatic rings. The second-order valence-electron chi connectivity index (χ2n) is 4.66. The Morgan fingerprint density at radius 2 is 2.32 bits per heavy atom. The summed E-state index contributed by atoms with van der Waals surface area (Å²) < 4.78 is 5.33. The lowest BCUT2D eigenvalue weighted by Gasteiger charge is -2.06. The number of hydrogen-bond donors (Lipinski definition) is 2. The van der Waals surface area contributed by atoms with Crippen LogP contribution >= 0.6 is 11.3 Å². The fraction of sp³-hybridized carbons (Fsp3) is 0.133. The van der Waals surface area contributed by atoms with Gasteiger partial charge in [0.2, 0.25) is 0 Å². The molecule has 0 radical (unpaired) electrons. The molecule has 3 heterocycles. The lowest BCUT2D eigenvalue weighted by Crippen LogP contribution is -2.28. The van der Waals surface area contributed by atoms with Crippen LogP contribution in [0.4, 0.5) is 9.93 Å². The summed E-state index contributed by atoms with van der Waals surface area (Å²) in [4.78, 5) is 20.2. The van der Waals surface area contributed by atoms with E-state index in [0.29, 0.717) is 11.7 Å². The molecule has 0 aliphatic carbocycles. The number of aromatic nitrogens is 2. The number of rotatable bonds is 4. The van der Waals surface area contributed by atoms with Crippen LogP contribution < -0.4 is 10.6 Å². The first-order chi connectivity index (χ1) is 10.7. The standard InChI is InChI=1S/C15H14N4O2S/c1-10-9-22-15(18-10)19-14(20)17-7-11-5-12(8-16-6-11)13-3-2-4-21-13/h2-6,8-9H,7H2,1H3,(H2,17,18,19,20). The number of nitrogens with one attached hydrogen (secondary N) is 2. The van der Waals surface area contributed by atoms with Gasteiger partial charge in [-0.2, -0.15) is 0 Å². The highest BCUT2D eigenvalue weighted by Crippen LogP contribution is 2.19. The average Bonchev–Trinajstić information content (AvgIpc) is 3.17. The van der Waals surface area contributed by atoms with Crippen LogP contribution in [-0.4, -0.2) is 16.0 Å². The smallest absolute Gasteiger partial charge is 0.321 e. The van der Waals surface area contributed by atoms with Gasteiger partial charge in [0, 0.05) is 29.9 Å². The predicted octanol–water partition coefficient (Wildman–Crippen LogP) is 3.43. The van der Waals surface area contributed by atoms with Gasteiger partial charge in [-0.3, -0.25) is 10.3 Å². The summed E-state index contributed by atoms with van der Waals surface area (Å²) in [6.45, 7) is 2.25. The van der Waals surface area contributed by atoms with E-state index in [2.05, 4.69) is 20.6 Å². The van der Waals surface area contributed by atoms with E-state index in [4.69, 9.17) is 4.42 Å². The molecule has 3 aromatic heterocycles. The number of furan rings is 1. The molecule has 2 amide bonds. The SMILES string of the molecule is Cc1csc(NC(=O)NCc2cncc(-c3ccco3)c2)n1. The van der Waals surface area contributed by atoms with Crippen molar-refractivity contribution in [3.05, 3.63) is 53.5 Å². The minimum Gasteiger partial charge on any atom is -0.464 e. The molecule has 0 aromatic carbocycles. The van der Waals surface area contributed by atoms with Crippen molar-refractivity contribution in [2.45, 2.75) is 13.5 Å². The molecule has 0 spiro atoms. The predicted molar refractivity (Wildman–Crippen MR) is 84.6 cm³/mol. The van der Waals surface area contributed by atoms with Crippen LogP contribution in [0.2, 0.25) is 0 Å². The van der Waals surface area contributed by atoms with Crippen LogP contribution in [0, 0.1) is 6.92 Å². The van der Waals surface area contributed by atoms with E-state index >= 15 is 0 Å². The van der Waals surface area contributed by atoms with E-state index in [0.717, 1.165) is 22.6 Å². The van der Waals surface area contributed by atoms with Gasteiger partial charge in [-0.05, 0) is 30.7 Å². The number of aryl methyl sites for hydroxylation is 1. The number of nitrogens with zero attached hydrogens (tertiary/aromatic N) is 2. The molecule has 3 rings (SSSR count). The zero-order valence-electron chi connectivity index (χ0n) is 11.9. The second kappa shape index (κ2) is 6.40. The zero-order chi connectivity index (χ0) is 15.4. The molecule has 2 N–H and O–H groups in total. The zero-order valence-corrected chi connectivity index (χ0v) is 12.7. The van der Waals surface area contributed by atoms with Crippen molar-refractivity contribution >= 4 is 22.5 Å². The van der Waals surface area contributed by atoms with Gasteiger partial charge in [-0.25, -0.2) is 9.78 Å². The molecule has 0 fully saturated rings. The van der Waals surface area contributed by atoms with E-state index in [1.807, 2.05) is 30.5 Å². The largest absolute Gasteiger partial charge is 0.464 e. The maximum absolute atomic E-state index is 11.8. The normalized spacial score (nSPS) is 10.4. The first-order valence-electron chi connectivity index (χ1n) is 6.65. The maximum atomic E-state index is 11.8. The fourth-order valence-corrected chi connectivity index (χ4v) is 2.58. The molecule has 112 valence electrons. The monoisotopic (exact) mass is 314 g/mol. The van der Waals surface area contributed by atoms with Crippen LogP contribution in [0.25, 0.3) is 11.3 Å². The number of carbonyl (C=O) groups is 1. The first kappa shape index (κ1) is 14.3. The summed E-state index contributed by atoms with van der Waals surface area (Å²) in [6, 6.07) is 5.33. The third kappa shape index (κ3) is 3.50. The Labute approximate surface area is 131 Å². The Hall–Kier alpha value is -2.67. The molecular weight excluding hydrogens is 300 g/mol. The molecule has 7 heteroatoms. The van der Waals surface area contributed by atoms with Gasteiger partial charge < -0.3 is 9.73 Å². The van der Waals surface area contributed by atoms with E-state index < -0.39 is 0 Å². The molecule has 0 saturated carbocycles. The molecule has 0 saturated heterocycles. The Bertz CT molecular complexity index is 767. The third-order valence-electron chi connectivity index (χ3n) is 2.89. The van der Waals surface area contributed by atoms with Gasteiger partial charge in [0.15, 0.2) is 5.13 Å². The van der Waals surface area contributed by atoms with Crippen LogP contribution in [0.15, 0.2) is 46.7 Å². The van der Waals surface area contributed by atoms with Crippen molar-refractivity contribution < 1.29 is 9.21 Å². The fourth-order valence-electron chi connectivity index (χ4n) is 1.90. The van der Waals surface area contributed by atoms with Gasteiger partial charge in [0.05, 0.1) is 12.0 Å². The van der Waals surface area contributed by atoms with Crippen molar-refractivity contribution in [1.82, 2.24) is 15.3 Å². The van der Waals surface area contributed by atoms with Gasteiger partial charge >= 0.3 is 6.03 Å². The van der Waals surface area contributed by atoms with E-state index in [9.17, 15) is 4.79 Å². The summed E-state index contributed by atoms with van der Waals surface area (Å²) in [7, 11) is 0. The van der Waals surface area contributed by atoms with Crippen molar-refractivity contribution in [3.63, 3.8) is 0 Å². The highest BCUT2D eigenvalue weighted by Gasteiger charge is 2.06. The number of anilines is 1. The van der Waals surface area contributed by atoms with Crippen molar-refractivity contribution in [1.29, 1.82) is 0 Å². The Morgan fingerprint density at radius 3 is 3.05 bits per heavy atom. The van der Waals surface area contributed by atoms with Gasteiger partial charge in [-0.15, -0.1) is 11.3 Å². The number of pyridine rings is 1. The molecule has 22 heavy (non-hydrogen) atoms. The minimum absolute atomic E-state index is 0.294. The van der Waals surface area contributed by atoms with Crippen molar-refractivity contribution in [3.8, 4) is 11.3 Å². The summed E-state index contributed by atoms with van der Waals surface area (Å²) in [5.74, 6) is 0.747. The van der Waals surface area contributed by atoms with E-state index in [-0.39, 0.29) is 6.03 Å². The summed E-state index contributed by atoms with van der Waals surface area (Å²) in [5.41, 5.74) is 2.65. The van der Waals surface area contributed by atoms with Crippen LogP contribution in [0.1, 0.15) is 11.3 Å². The highest BCUT2D eigenvalue weighted by molar-refractivity contribution is 7.13. The topological polar surface area (TPSA) is 80.0 Å². The third-order valence-corrected chi connectivity index (χ3v) is 3.77. The number of hydrogen-bond acceptors (Lipinski definition) is 5. The summed E-state index contributed by atoms with van der Waals surface area (Å²) in [6.07, 6.45) is 5.05. The van der Waals surface area contributed by atoms with E-state index in [1.54, 1.807) is 18.7 Å². The molecule has 0 aliphatic heterocycles. The lowest BCUT2D eigenvalue weighted by atomic mass is 10.1. The molecule has 0 bridgehead atoms. The molecule has 0 unspecified atom stereocenters. The first-order valence-corrected chi connectivity index (χ1v) is 7.53. The van der Waals surface area contributed by atoms with Crippen LogP contribution in [0.5, 0.6) is 0 Å². The van der Waals surface area contributed by atoms with Crippen LogP contribution in [0.3, 0.4) is 0 Å². The number of thiazole rings is 1. The number of amides is 2. The van der Waals surface area contributed by atoms with Crippen molar-refractivity contribution in [2.24, 2.45) is 0 Å². The quantitative estimate of drug-likeness (QED) is 0.773. The summed E-state index contributed by atoms with van der Waals surface area (Å²) >= 11 is 1.39. The van der Waals surface area contributed by atoms with Gasteiger partial charge in [0.25, 0.3) is 0 Å². The maximum Gasteiger partial charge on any atom is 0.321 e. The van der Waals surface area contributed by atoms with Crippen molar-refractivity contribution in [2.75, 3.05) is 5.32 Å². The molecule has 0 atom stereocenters.